The zero-order valence-corrected chi connectivity index (χ0v) is 11.2. The molecule has 2 unspecified atom stereocenters. The normalized spacial score (nSPS) is 26.2. The second-order valence-corrected chi connectivity index (χ2v) is 5.94. The molecule has 2 N–H and O–H groups in total. The monoisotopic (exact) mass is 263 g/mol. The highest BCUT2D eigenvalue weighted by atomic mass is 32.2. The van der Waals surface area contributed by atoms with Crippen LogP contribution in [0.5, 0.6) is 0 Å². The molecule has 2 rings (SSSR count). The van der Waals surface area contributed by atoms with Gasteiger partial charge < -0.3 is 10.4 Å². The molecule has 4 nitrogen and oxygen atoms in total. The van der Waals surface area contributed by atoms with Crippen molar-refractivity contribution in [1.82, 2.24) is 4.98 Å². The molecular weight excluding hydrogens is 246 g/mol. The van der Waals surface area contributed by atoms with E-state index in [2.05, 4.69) is 17.2 Å². The topological polar surface area (TPSA) is 68.9 Å². The Morgan fingerprint density at radius 2 is 2.50 bits per heavy atom. The Hall–Kier alpha value is -1.25. The summed E-state index contributed by atoms with van der Waals surface area (Å²) in [7, 11) is 0. The van der Waals surface area contributed by atoms with Crippen molar-refractivity contribution in [1.29, 1.82) is 5.26 Å². The number of nitrogens with zero attached hydrogens (tertiary/aromatic N) is 2. The molecule has 0 bridgehead atoms. The highest BCUT2D eigenvalue weighted by Crippen LogP contribution is 2.41. The Morgan fingerprint density at radius 1 is 1.67 bits per heavy atom. The van der Waals surface area contributed by atoms with Crippen LogP contribution >= 0.6 is 11.8 Å². The Morgan fingerprint density at radius 3 is 3.11 bits per heavy atom. The number of aromatic nitrogens is 1. The summed E-state index contributed by atoms with van der Waals surface area (Å²) in [5.74, 6) is 1.67. The number of thioether (sulfide) groups is 1. The lowest BCUT2D eigenvalue weighted by Gasteiger charge is -2.45. The summed E-state index contributed by atoms with van der Waals surface area (Å²) in [6.45, 7) is 2.60. The first-order valence-corrected chi connectivity index (χ1v) is 7.18. The van der Waals surface area contributed by atoms with Gasteiger partial charge >= 0.3 is 0 Å². The van der Waals surface area contributed by atoms with Gasteiger partial charge in [0.25, 0.3) is 0 Å². The van der Waals surface area contributed by atoms with Crippen LogP contribution in [-0.2, 0) is 0 Å². The van der Waals surface area contributed by atoms with E-state index >= 15 is 0 Å². The van der Waals surface area contributed by atoms with Crippen molar-refractivity contribution >= 4 is 17.6 Å². The first kappa shape index (κ1) is 13.2. The number of anilines is 1. The zero-order chi connectivity index (χ0) is 13.0. The van der Waals surface area contributed by atoms with Crippen LogP contribution in [0.1, 0.15) is 25.5 Å². The van der Waals surface area contributed by atoms with Gasteiger partial charge in [0.1, 0.15) is 17.6 Å². The Balaban J connectivity index is 1.93. The third-order valence-corrected chi connectivity index (χ3v) is 4.66. The summed E-state index contributed by atoms with van der Waals surface area (Å²) in [4.78, 5) is 4.13. The maximum Gasteiger partial charge on any atom is 0.142 e. The smallest absolute Gasteiger partial charge is 0.142 e. The Kier molecular flexibility index (Phi) is 4.10. The van der Waals surface area contributed by atoms with Gasteiger partial charge in [-0.25, -0.2) is 4.98 Å². The maximum atomic E-state index is 10.4. The lowest BCUT2D eigenvalue weighted by atomic mass is 9.79. The minimum atomic E-state index is -0.634. The van der Waals surface area contributed by atoms with Gasteiger partial charge in [0.2, 0.25) is 0 Å². The molecule has 1 saturated carbocycles. The maximum absolute atomic E-state index is 10.4. The van der Waals surface area contributed by atoms with Gasteiger partial charge in [-0.1, -0.05) is 13.0 Å². The molecule has 1 aliphatic carbocycles. The SMILES string of the molecule is CCSC1CCC1(O)CNc1cccc(C#N)n1. The van der Waals surface area contributed by atoms with Crippen molar-refractivity contribution in [2.24, 2.45) is 0 Å². The number of aliphatic hydroxyl groups is 1. The molecular formula is C13H17N3OS. The van der Waals surface area contributed by atoms with Crippen LogP contribution in [0.4, 0.5) is 5.82 Å². The number of rotatable bonds is 5. The zero-order valence-electron chi connectivity index (χ0n) is 10.4. The Labute approximate surface area is 111 Å². The minimum Gasteiger partial charge on any atom is -0.387 e. The van der Waals surface area contributed by atoms with E-state index in [4.69, 9.17) is 5.26 Å². The van der Waals surface area contributed by atoms with Crippen molar-refractivity contribution in [3.8, 4) is 6.07 Å². The molecule has 5 heteroatoms. The fourth-order valence-corrected chi connectivity index (χ4v) is 3.27. The molecule has 2 atom stereocenters. The molecule has 1 heterocycles. The van der Waals surface area contributed by atoms with Crippen LogP contribution < -0.4 is 5.32 Å². The second-order valence-electron chi connectivity index (χ2n) is 4.46. The molecule has 1 fully saturated rings. The van der Waals surface area contributed by atoms with Gasteiger partial charge in [0.05, 0.1) is 5.60 Å². The first-order valence-electron chi connectivity index (χ1n) is 6.13. The van der Waals surface area contributed by atoms with Gasteiger partial charge in [0, 0.05) is 11.8 Å². The molecule has 0 aromatic carbocycles. The predicted molar refractivity (Wildman–Crippen MR) is 73.5 cm³/mol. The molecule has 1 aliphatic rings. The van der Waals surface area contributed by atoms with E-state index in [1.807, 2.05) is 12.1 Å². The number of hydrogen-bond donors (Lipinski definition) is 2. The summed E-state index contributed by atoms with van der Waals surface area (Å²) in [6.07, 6.45) is 1.90. The van der Waals surface area contributed by atoms with Crippen molar-refractivity contribution < 1.29 is 5.11 Å². The summed E-state index contributed by atoms with van der Waals surface area (Å²) in [5.41, 5.74) is -0.245. The lowest BCUT2D eigenvalue weighted by Crippen LogP contribution is -2.54. The third-order valence-electron chi connectivity index (χ3n) is 3.25. The van der Waals surface area contributed by atoms with E-state index in [0.717, 1.165) is 18.6 Å². The lowest BCUT2D eigenvalue weighted by molar-refractivity contribution is -0.0120. The molecule has 18 heavy (non-hydrogen) atoms. The molecule has 0 amide bonds. The van der Waals surface area contributed by atoms with Gasteiger partial charge in [-0.3, -0.25) is 0 Å². The second kappa shape index (κ2) is 5.59. The average molecular weight is 263 g/mol. The van der Waals surface area contributed by atoms with E-state index in [-0.39, 0.29) is 0 Å². The fraction of sp³-hybridized carbons (Fsp3) is 0.538. The molecule has 0 saturated heterocycles. The van der Waals surface area contributed by atoms with Gasteiger partial charge in [0.15, 0.2) is 0 Å². The van der Waals surface area contributed by atoms with E-state index < -0.39 is 5.60 Å². The average Bonchev–Trinajstić information content (AvgIpc) is 2.41. The summed E-state index contributed by atoms with van der Waals surface area (Å²) in [5, 5.41) is 22.6. The third kappa shape index (κ3) is 2.77. The standard InChI is InChI=1S/C13H17N3OS/c1-2-18-11-6-7-13(11,17)9-15-12-5-3-4-10(8-14)16-12/h3-5,11,17H,2,6-7,9H2,1H3,(H,15,16). The number of pyridine rings is 1. The van der Waals surface area contributed by atoms with Crippen molar-refractivity contribution in [3.63, 3.8) is 0 Å². The van der Waals surface area contributed by atoms with Gasteiger partial charge in [-0.05, 0) is 30.7 Å². The molecule has 0 radical (unpaired) electrons. The van der Waals surface area contributed by atoms with Crippen LogP contribution in [0, 0.1) is 11.3 Å². The number of nitriles is 1. The molecule has 1 aromatic rings. The molecule has 96 valence electrons. The summed E-state index contributed by atoms with van der Waals surface area (Å²) in [6, 6.07) is 7.27. The highest BCUT2D eigenvalue weighted by molar-refractivity contribution is 8.00. The molecule has 0 aliphatic heterocycles. The van der Waals surface area contributed by atoms with E-state index in [0.29, 0.717) is 23.3 Å². The van der Waals surface area contributed by atoms with Crippen LogP contribution in [-0.4, -0.2) is 33.2 Å². The van der Waals surface area contributed by atoms with Crippen LogP contribution in [0.3, 0.4) is 0 Å². The van der Waals surface area contributed by atoms with E-state index in [9.17, 15) is 5.11 Å². The molecule has 1 aromatic heterocycles. The summed E-state index contributed by atoms with van der Waals surface area (Å²) < 4.78 is 0. The van der Waals surface area contributed by atoms with Crippen molar-refractivity contribution in [3.05, 3.63) is 23.9 Å². The van der Waals surface area contributed by atoms with Crippen molar-refractivity contribution in [2.75, 3.05) is 17.6 Å². The van der Waals surface area contributed by atoms with Crippen LogP contribution in [0.2, 0.25) is 0 Å². The Bertz CT molecular complexity index is 460. The van der Waals surface area contributed by atoms with Crippen LogP contribution in [0.15, 0.2) is 18.2 Å². The van der Waals surface area contributed by atoms with E-state index in [1.165, 1.54) is 0 Å². The largest absolute Gasteiger partial charge is 0.387 e. The van der Waals surface area contributed by atoms with Crippen LogP contribution in [0.25, 0.3) is 0 Å². The highest BCUT2D eigenvalue weighted by Gasteiger charge is 2.44. The molecule has 0 spiro atoms. The van der Waals surface area contributed by atoms with Crippen molar-refractivity contribution in [2.45, 2.75) is 30.6 Å². The number of nitrogens with one attached hydrogen (secondary N) is 1. The van der Waals surface area contributed by atoms with Gasteiger partial charge in [-0.15, -0.1) is 0 Å². The summed E-state index contributed by atoms with van der Waals surface area (Å²) >= 11 is 1.81. The quantitative estimate of drug-likeness (QED) is 0.850. The minimum absolute atomic E-state index is 0.314. The predicted octanol–water partition coefficient (Wildman–Crippen LogP) is 2.01. The van der Waals surface area contributed by atoms with Gasteiger partial charge in [-0.2, -0.15) is 17.0 Å². The van der Waals surface area contributed by atoms with E-state index in [1.54, 1.807) is 23.9 Å². The first-order chi connectivity index (χ1) is 8.68. The fourth-order valence-electron chi connectivity index (χ4n) is 2.08. The number of hydrogen-bond acceptors (Lipinski definition) is 5.